The summed E-state index contributed by atoms with van der Waals surface area (Å²) in [5, 5.41) is 13.7. The Morgan fingerprint density at radius 1 is 1.29 bits per heavy atom. The van der Waals surface area contributed by atoms with E-state index >= 15 is 0 Å². The molecule has 2 heterocycles. The molecule has 6 nitrogen and oxygen atoms in total. The van der Waals surface area contributed by atoms with Crippen molar-refractivity contribution in [3.8, 4) is 32.8 Å². The number of thiazole rings is 1. The number of nitriles is 1. The largest absolute Gasteiger partial charge is 0.490 e. The number of benzene rings is 2. The van der Waals surface area contributed by atoms with Crippen molar-refractivity contribution >= 4 is 17.4 Å². The molecule has 1 N–H and O–H groups in total. The van der Waals surface area contributed by atoms with Crippen LogP contribution in [0.2, 0.25) is 0 Å². The van der Waals surface area contributed by atoms with Crippen molar-refractivity contribution in [1.29, 1.82) is 5.26 Å². The van der Waals surface area contributed by atoms with Crippen LogP contribution in [0, 0.1) is 17.2 Å². The number of nitrogens with zero attached hydrogens (tertiary/aromatic N) is 3. The highest BCUT2D eigenvalue weighted by molar-refractivity contribution is 7.18. The van der Waals surface area contributed by atoms with Crippen molar-refractivity contribution < 1.29 is 9.53 Å². The SMILES string of the molecule is CC1CN(C(=O)N[C@@H]2CCc3c(-c4cnc(-c5ccc(OC(C)C)c(C#N)c5)s4)cccc32)C1. The molecule has 1 saturated heterocycles. The van der Waals surface area contributed by atoms with E-state index in [9.17, 15) is 10.1 Å². The Kier molecular flexibility index (Phi) is 6.01. The molecular weight excluding hydrogens is 444 g/mol. The molecular formula is C27H28N4O2S. The van der Waals surface area contributed by atoms with Gasteiger partial charge in [0.2, 0.25) is 0 Å². The summed E-state index contributed by atoms with van der Waals surface area (Å²) in [6.07, 6.45) is 3.76. The van der Waals surface area contributed by atoms with Gasteiger partial charge in [0.1, 0.15) is 16.8 Å². The van der Waals surface area contributed by atoms with Gasteiger partial charge >= 0.3 is 6.03 Å². The number of nitrogens with one attached hydrogen (secondary N) is 1. The van der Waals surface area contributed by atoms with Crippen molar-refractivity contribution in [1.82, 2.24) is 15.2 Å². The quantitative estimate of drug-likeness (QED) is 0.510. The molecule has 3 aromatic rings. The molecule has 0 saturated carbocycles. The second-order valence-corrected chi connectivity index (χ2v) is 10.5. The molecule has 2 aromatic carbocycles. The van der Waals surface area contributed by atoms with Crippen molar-refractivity contribution in [3.63, 3.8) is 0 Å². The number of aromatic nitrogens is 1. The second-order valence-electron chi connectivity index (χ2n) is 9.44. The number of hydrogen-bond acceptors (Lipinski definition) is 5. The Bertz CT molecular complexity index is 1270. The topological polar surface area (TPSA) is 78.2 Å². The molecule has 1 aliphatic heterocycles. The normalized spacial score (nSPS) is 17.3. The average molecular weight is 473 g/mol. The fraction of sp³-hybridized carbons (Fsp3) is 0.370. The van der Waals surface area contributed by atoms with E-state index in [0.29, 0.717) is 17.2 Å². The van der Waals surface area contributed by atoms with Crippen LogP contribution in [0.4, 0.5) is 4.79 Å². The Balaban J connectivity index is 1.38. The first-order valence-electron chi connectivity index (χ1n) is 11.8. The van der Waals surface area contributed by atoms with E-state index in [-0.39, 0.29) is 18.2 Å². The highest BCUT2D eigenvalue weighted by Crippen LogP contribution is 2.41. The number of urea groups is 1. The number of likely N-dealkylation sites (tertiary alicyclic amines) is 1. The first kappa shape index (κ1) is 22.4. The minimum atomic E-state index is 0.00710. The zero-order valence-corrected chi connectivity index (χ0v) is 20.5. The van der Waals surface area contributed by atoms with Crippen LogP contribution in [-0.2, 0) is 6.42 Å². The molecule has 5 rings (SSSR count). The van der Waals surface area contributed by atoms with Gasteiger partial charge in [-0.05, 0) is 67.5 Å². The van der Waals surface area contributed by atoms with Gasteiger partial charge in [-0.1, -0.05) is 25.1 Å². The van der Waals surface area contributed by atoms with Gasteiger partial charge in [0.25, 0.3) is 0 Å². The lowest BCUT2D eigenvalue weighted by molar-refractivity contribution is 0.127. The van der Waals surface area contributed by atoms with E-state index in [2.05, 4.69) is 41.5 Å². The highest BCUT2D eigenvalue weighted by atomic mass is 32.1. The lowest BCUT2D eigenvalue weighted by atomic mass is 10.0. The molecule has 1 fully saturated rings. The van der Waals surface area contributed by atoms with E-state index in [4.69, 9.17) is 4.74 Å². The summed E-state index contributed by atoms with van der Waals surface area (Å²) in [7, 11) is 0. The molecule has 1 aliphatic carbocycles. The number of fused-ring (bicyclic) bond motifs is 1. The van der Waals surface area contributed by atoms with Crippen LogP contribution < -0.4 is 10.1 Å². The Morgan fingerprint density at radius 2 is 2.12 bits per heavy atom. The van der Waals surface area contributed by atoms with Crippen molar-refractivity contribution in [2.45, 2.75) is 45.8 Å². The second kappa shape index (κ2) is 9.11. The standard InChI is InChI=1S/C27H28N4O2S/c1-16(2)33-24-10-7-18(11-19(24)12-28)26-29-13-25(34-26)22-6-4-5-21-20(22)8-9-23(21)30-27(32)31-14-17(3)15-31/h4-7,10-11,13,16-17,23H,8-9,14-15H2,1-3H3,(H,30,32)/t23-/m1/s1. The maximum Gasteiger partial charge on any atom is 0.317 e. The number of ether oxygens (including phenoxy) is 1. The van der Waals surface area contributed by atoms with Gasteiger partial charge in [0.05, 0.1) is 22.6 Å². The van der Waals surface area contributed by atoms with E-state index < -0.39 is 0 Å². The molecule has 0 unspecified atom stereocenters. The van der Waals surface area contributed by atoms with Gasteiger partial charge in [0.15, 0.2) is 0 Å². The Hall–Kier alpha value is -3.37. The molecule has 1 atom stereocenters. The number of hydrogen-bond donors (Lipinski definition) is 1. The van der Waals surface area contributed by atoms with E-state index in [1.807, 2.05) is 43.1 Å². The lowest BCUT2D eigenvalue weighted by Crippen LogP contribution is -2.53. The summed E-state index contributed by atoms with van der Waals surface area (Å²) in [5.74, 6) is 1.19. The van der Waals surface area contributed by atoms with Gasteiger partial charge < -0.3 is 15.0 Å². The predicted octanol–water partition coefficient (Wildman–Crippen LogP) is 5.78. The van der Waals surface area contributed by atoms with Crippen LogP contribution in [0.15, 0.2) is 42.6 Å². The molecule has 0 radical (unpaired) electrons. The molecule has 7 heteroatoms. The molecule has 0 bridgehead atoms. The van der Waals surface area contributed by atoms with Crippen molar-refractivity contribution in [3.05, 3.63) is 59.3 Å². The maximum absolute atomic E-state index is 12.6. The van der Waals surface area contributed by atoms with Gasteiger partial charge in [-0.25, -0.2) is 9.78 Å². The third kappa shape index (κ3) is 4.26. The number of carbonyl (C=O) groups excluding carboxylic acids is 1. The van der Waals surface area contributed by atoms with Crippen molar-refractivity contribution in [2.24, 2.45) is 5.92 Å². The smallest absolute Gasteiger partial charge is 0.317 e. The number of amides is 2. The van der Waals surface area contributed by atoms with E-state index in [0.717, 1.165) is 41.4 Å². The molecule has 174 valence electrons. The van der Waals surface area contributed by atoms with E-state index in [1.54, 1.807) is 11.3 Å². The summed E-state index contributed by atoms with van der Waals surface area (Å²) in [4.78, 5) is 20.2. The van der Waals surface area contributed by atoms with Crippen LogP contribution in [0.5, 0.6) is 5.75 Å². The lowest BCUT2D eigenvalue weighted by Gasteiger charge is -2.37. The summed E-state index contributed by atoms with van der Waals surface area (Å²) in [5.41, 5.74) is 5.09. The van der Waals surface area contributed by atoms with Gasteiger partial charge in [0, 0.05) is 24.8 Å². The fourth-order valence-corrected chi connectivity index (χ4v) is 5.74. The van der Waals surface area contributed by atoms with Gasteiger partial charge in [-0.3, -0.25) is 0 Å². The molecule has 2 amide bonds. The Labute approximate surface area is 204 Å². The zero-order valence-electron chi connectivity index (χ0n) is 19.7. The minimum absolute atomic E-state index is 0.00710. The van der Waals surface area contributed by atoms with Gasteiger partial charge in [-0.15, -0.1) is 11.3 Å². The molecule has 1 aromatic heterocycles. The summed E-state index contributed by atoms with van der Waals surface area (Å²) >= 11 is 1.62. The predicted molar refractivity (Wildman–Crippen MR) is 134 cm³/mol. The van der Waals surface area contributed by atoms with Crippen LogP contribution >= 0.6 is 11.3 Å². The molecule has 0 spiro atoms. The summed E-state index contributed by atoms with van der Waals surface area (Å²) in [6.45, 7) is 7.74. The maximum atomic E-state index is 12.6. The number of rotatable bonds is 5. The minimum Gasteiger partial charge on any atom is -0.490 e. The average Bonchev–Trinajstić information content (AvgIpc) is 3.44. The third-order valence-corrected chi connectivity index (χ3v) is 7.48. The first-order chi connectivity index (χ1) is 16.4. The van der Waals surface area contributed by atoms with Crippen molar-refractivity contribution in [2.75, 3.05) is 13.1 Å². The highest BCUT2D eigenvalue weighted by Gasteiger charge is 2.31. The molecule has 2 aliphatic rings. The van der Waals surface area contributed by atoms with Crippen LogP contribution in [0.1, 0.15) is 49.9 Å². The van der Waals surface area contributed by atoms with Gasteiger partial charge in [-0.2, -0.15) is 5.26 Å². The fourth-order valence-electron chi connectivity index (χ4n) is 4.78. The van der Waals surface area contributed by atoms with Crippen LogP contribution in [-0.4, -0.2) is 35.1 Å². The zero-order chi connectivity index (χ0) is 23.8. The summed E-state index contributed by atoms with van der Waals surface area (Å²) < 4.78 is 5.75. The van der Waals surface area contributed by atoms with Crippen LogP contribution in [0.25, 0.3) is 21.0 Å². The van der Waals surface area contributed by atoms with Crippen LogP contribution in [0.3, 0.4) is 0 Å². The van der Waals surface area contributed by atoms with E-state index in [1.165, 1.54) is 16.7 Å². The Morgan fingerprint density at radius 3 is 2.85 bits per heavy atom. The number of carbonyl (C=O) groups is 1. The third-order valence-electron chi connectivity index (χ3n) is 6.40. The molecule has 34 heavy (non-hydrogen) atoms. The first-order valence-corrected chi connectivity index (χ1v) is 12.6. The summed E-state index contributed by atoms with van der Waals surface area (Å²) in [6, 6.07) is 14.3. The monoisotopic (exact) mass is 472 g/mol.